The lowest BCUT2D eigenvalue weighted by molar-refractivity contribution is 0.195. The van der Waals surface area contributed by atoms with Crippen LogP contribution in [0.4, 0.5) is 22.7 Å². The van der Waals surface area contributed by atoms with E-state index in [0.717, 1.165) is 0 Å². The second kappa shape index (κ2) is 13.6. The molecule has 0 radical (unpaired) electrons. The first kappa shape index (κ1) is 44.2. The molecule has 6 aromatic carbocycles. The minimum absolute atomic E-state index is 0.00792. The molecule has 0 spiro atoms. The summed E-state index contributed by atoms with van der Waals surface area (Å²) >= 11 is 0. The number of aryl methyl sites for hydroxylation is 2. The van der Waals surface area contributed by atoms with Gasteiger partial charge in [-0.2, -0.15) is 0 Å². The van der Waals surface area contributed by atoms with Crippen LogP contribution in [0.2, 0.25) is 0 Å². The molecule has 6 aromatic rings. The van der Waals surface area contributed by atoms with Crippen LogP contribution in [0.3, 0.4) is 0 Å². The first-order valence-corrected chi connectivity index (χ1v) is 26.3. The maximum atomic E-state index is 2.93. The lowest BCUT2D eigenvalue weighted by Crippen LogP contribution is -2.64. The Bertz CT molecular complexity index is 3200. The van der Waals surface area contributed by atoms with Crippen molar-refractivity contribution in [1.82, 2.24) is 0 Å². The molecule has 0 amide bonds. The Kier molecular flexibility index (Phi) is 8.87. The zero-order chi connectivity index (χ0) is 48.2. The lowest BCUT2D eigenvalue weighted by Gasteiger charge is -2.53. The average Bonchev–Trinajstić information content (AvgIpc) is 3.62. The second-order valence-corrected chi connectivity index (χ2v) is 26.9. The number of hydrogen-bond acceptors (Lipinski definition) is 2. The van der Waals surface area contributed by atoms with Crippen molar-refractivity contribution in [2.45, 2.75) is 187 Å². The second-order valence-electron chi connectivity index (χ2n) is 26.9. The van der Waals surface area contributed by atoms with E-state index < -0.39 is 0 Å². The minimum Gasteiger partial charge on any atom is -0.376 e. The van der Waals surface area contributed by atoms with Gasteiger partial charge in [-0.1, -0.05) is 157 Å². The summed E-state index contributed by atoms with van der Waals surface area (Å²) in [5.41, 5.74) is 29.9. The van der Waals surface area contributed by atoms with Gasteiger partial charge in [-0.3, -0.25) is 0 Å². The molecule has 348 valence electrons. The molecule has 0 saturated heterocycles. The predicted molar refractivity (Wildman–Crippen MR) is 293 cm³/mol. The Balaban J connectivity index is 1.24. The van der Waals surface area contributed by atoms with Crippen molar-refractivity contribution in [2.75, 3.05) is 9.71 Å². The summed E-state index contributed by atoms with van der Waals surface area (Å²) in [5.74, 6) is 0. The molecular weight excluding hydrogens is 820 g/mol. The van der Waals surface area contributed by atoms with Crippen LogP contribution < -0.4 is 20.6 Å². The monoisotopic (exact) mass is 895 g/mol. The highest BCUT2D eigenvalue weighted by molar-refractivity contribution is 6.93. The molecule has 3 heterocycles. The standard InChI is InChI=1S/C65H75BN2/c1-38-21-17-18-22-43(38)40-30-47-46-34-44-45-35-50-51(62(11,12)28-27-61(50,9)10)36-48(45)63(13,14)49(44)37-55(46)68(54-24-23-41(29-39(54)2)59(3,4)5)66-53-33-42(60(6,7)8)32-52-58(53)67(56(31-40)57(47)66)65(16)26-20-19-25-64(52,65)15/h17-18,21-24,29-37H,19-20,25-28H2,1-16H3. The molecule has 0 N–H and O–H groups in total. The van der Waals surface area contributed by atoms with Gasteiger partial charge in [0.1, 0.15) is 0 Å². The Labute approximate surface area is 410 Å². The van der Waals surface area contributed by atoms with Crippen LogP contribution in [0, 0.1) is 13.8 Å². The molecule has 2 atom stereocenters. The molecule has 68 heavy (non-hydrogen) atoms. The number of anilines is 4. The zero-order valence-electron chi connectivity index (χ0n) is 44.4. The summed E-state index contributed by atoms with van der Waals surface area (Å²) in [6, 6.07) is 37.8. The fourth-order valence-electron chi connectivity index (χ4n) is 14.7. The van der Waals surface area contributed by atoms with E-state index in [1.165, 1.54) is 139 Å². The van der Waals surface area contributed by atoms with Crippen LogP contribution in [-0.4, -0.2) is 12.4 Å². The van der Waals surface area contributed by atoms with E-state index in [0.29, 0.717) is 0 Å². The Morgan fingerprint density at radius 1 is 0.485 bits per heavy atom. The Morgan fingerprint density at radius 3 is 1.81 bits per heavy atom. The van der Waals surface area contributed by atoms with Gasteiger partial charge in [-0.15, -0.1) is 0 Å². The van der Waals surface area contributed by atoms with Crippen molar-refractivity contribution in [2.24, 2.45) is 0 Å². The van der Waals surface area contributed by atoms with Gasteiger partial charge in [0.25, 0.3) is 0 Å². The number of hydrogen-bond donors (Lipinski definition) is 0. The minimum atomic E-state index is -0.173. The smallest absolute Gasteiger partial charge is 0.333 e. The van der Waals surface area contributed by atoms with Crippen molar-refractivity contribution >= 4 is 40.5 Å². The van der Waals surface area contributed by atoms with Crippen LogP contribution in [0.5, 0.6) is 0 Å². The van der Waals surface area contributed by atoms with Gasteiger partial charge in [0, 0.05) is 39.1 Å². The van der Waals surface area contributed by atoms with Crippen molar-refractivity contribution in [3.63, 3.8) is 0 Å². The summed E-state index contributed by atoms with van der Waals surface area (Å²) in [6.07, 6.45) is 7.35. The molecule has 3 heteroatoms. The van der Waals surface area contributed by atoms with Crippen molar-refractivity contribution in [3.8, 4) is 33.4 Å². The molecule has 1 fully saturated rings. The van der Waals surface area contributed by atoms with Gasteiger partial charge >= 0.3 is 6.85 Å². The van der Waals surface area contributed by atoms with Crippen LogP contribution >= 0.6 is 0 Å². The molecule has 3 aliphatic carbocycles. The molecule has 6 aliphatic rings. The first-order valence-electron chi connectivity index (χ1n) is 26.3. The number of rotatable bonds is 2. The van der Waals surface area contributed by atoms with Gasteiger partial charge in [0.05, 0.1) is 5.54 Å². The predicted octanol–water partition coefficient (Wildman–Crippen LogP) is 16.2. The van der Waals surface area contributed by atoms with Crippen LogP contribution in [0.1, 0.15) is 186 Å². The highest BCUT2D eigenvalue weighted by atomic mass is 15.3. The largest absolute Gasteiger partial charge is 0.376 e. The topological polar surface area (TPSA) is 6.48 Å². The molecule has 1 saturated carbocycles. The molecule has 0 aromatic heterocycles. The van der Waals surface area contributed by atoms with Gasteiger partial charge < -0.3 is 9.71 Å². The number of fused-ring (bicyclic) bond motifs is 11. The van der Waals surface area contributed by atoms with Gasteiger partial charge in [0.15, 0.2) is 0 Å². The third-order valence-electron chi connectivity index (χ3n) is 19.4. The summed E-state index contributed by atoms with van der Waals surface area (Å²) < 4.78 is 0. The fourth-order valence-corrected chi connectivity index (χ4v) is 14.7. The van der Waals surface area contributed by atoms with E-state index in [1.54, 1.807) is 16.7 Å². The SMILES string of the molecule is Cc1ccccc1-c1cc2c3c(c1)N1c4c(cc(C(C)(C)C)cc4C4(C)CCCCC14C)B3N(c1ccc(C(C)(C)C)cc1C)c1cc3c(cc1-2)-c1cc2c(cc1C3(C)C)C(C)(C)CCC2(C)C. The normalized spacial score (nSPS) is 23.0. The van der Waals surface area contributed by atoms with Crippen LogP contribution in [-0.2, 0) is 32.5 Å². The number of benzene rings is 6. The van der Waals surface area contributed by atoms with E-state index in [1.807, 2.05) is 0 Å². The molecular formula is C65H75BN2. The van der Waals surface area contributed by atoms with Gasteiger partial charge in [-0.25, -0.2) is 0 Å². The quantitative estimate of drug-likeness (QED) is 0.160. The van der Waals surface area contributed by atoms with Crippen molar-refractivity contribution < 1.29 is 0 Å². The molecule has 2 unspecified atom stereocenters. The summed E-state index contributed by atoms with van der Waals surface area (Å²) in [7, 11) is 0. The van der Waals surface area contributed by atoms with Gasteiger partial charge in [0.2, 0.25) is 0 Å². The van der Waals surface area contributed by atoms with Crippen LogP contribution in [0.25, 0.3) is 33.4 Å². The molecule has 2 nitrogen and oxygen atoms in total. The zero-order valence-corrected chi connectivity index (χ0v) is 44.4. The van der Waals surface area contributed by atoms with E-state index in [-0.39, 0.29) is 44.9 Å². The van der Waals surface area contributed by atoms with Crippen LogP contribution in [0.15, 0.2) is 91.0 Å². The van der Waals surface area contributed by atoms with E-state index >= 15 is 0 Å². The fraction of sp³-hybridized carbons (Fsp3) is 0.446. The maximum absolute atomic E-state index is 2.93. The van der Waals surface area contributed by atoms with Gasteiger partial charge in [-0.05, 0) is 193 Å². The lowest BCUT2D eigenvalue weighted by atomic mass is 9.42. The highest BCUT2D eigenvalue weighted by Crippen LogP contribution is 2.64. The summed E-state index contributed by atoms with van der Waals surface area (Å²) in [6.45, 7) is 39.3. The van der Waals surface area contributed by atoms with E-state index in [9.17, 15) is 0 Å². The third-order valence-corrected chi connectivity index (χ3v) is 19.4. The van der Waals surface area contributed by atoms with E-state index in [4.69, 9.17) is 0 Å². The first-order chi connectivity index (χ1) is 31.8. The Morgan fingerprint density at radius 2 is 1.13 bits per heavy atom. The summed E-state index contributed by atoms with van der Waals surface area (Å²) in [5, 5.41) is 0. The maximum Gasteiger partial charge on any atom is 0.333 e. The van der Waals surface area contributed by atoms with Crippen molar-refractivity contribution in [3.05, 3.63) is 141 Å². The van der Waals surface area contributed by atoms with E-state index in [2.05, 4.69) is 211 Å². The molecule has 0 bridgehead atoms. The summed E-state index contributed by atoms with van der Waals surface area (Å²) in [4.78, 5) is 5.78. The van der Waals surface area contributed by atoms with Crippen molar-refractivity contribution in [1.29, 1.82) is 0 Å². The molecule has 12 rings (SSSR count). The Hall–Kier alpha value is -5.02. The number of nitrogens with zero attached hydrogens (tertiary/aromatic N) is 2. The highest BCUT2D eigenvalue weighted by Gasteiger charge is 2.62. The molecule has 3 aliphatic heterocycles. The average molecular weight is 895 g/mol. The third kappa shape index (κ3) is 5.71.